The second kappa shape index (κ2) is 7.22. The minimum atomic E-state index is -0.361. The highest BCUT2D eigenvalue weighted by atomic mass is 32.1. The molecular weight excluding hydrogens is 354 g/mol. The van der Waals surface area contributed by atoms with Crippen molar-refractivity contribution in [1.29, 1.82) is 5.26 Å². The maximum Gasteiger partial charge on any atom is 0.410 e. The molecule has 0 aromatic carbocycles. The van der Waals surface area contributed by atoms with E-state index >= 15 is 0 Å². The van der Waals surface area contributed by atoms with Crippen LogP contribution in [-0.4, -0.2) is 30.1 Å². The number of furan rings is 1. The number of ether oxygens (including phenoxy) is 1. The van der Waals surface area contributed by atoms with Gasteiger partial charge in [0.15, 0.2) is 0 Å². The van der Waals surface area contributed by atoms with Gasteiger partial charge >= 0.3 is 6.09 Å². The van der Waals surface area contributed by atoms with Crippen LogP contribution >= 0.6 is 11.3 Å². The molecule has 26 heavy (non-hydrogen) atoms. The van der Waals surface area contributed by atoms with E-state index in [2.05, 4.69) is 11.4 Å². The van der Waals surface area contributed by atoms with Crippen molar-refractivity contribution >= 4 is 28.3 Å². The van der Waals surface area contributed by atoms with Gasteiger partial charge in [-0.25, -0.2) is 4.79 Å². The molecule has 3 heterocycles. The highest BCUT2D eigenvalue weighted by molar-refractivity contribution is 7.16. The van der Waals surface area contributed by atoms with Crippen molar-refractivity contribution < 1.29 is 18.7 Å². The van der Waals surface area contributed by atoms with Crippen LogP contribution in [0.3, 0.4) is 0 Å². The predicted octanol–water partition coefficient (Wildman–Crippen LogP) is 3.60. The maximum absolute atomic E-state index is 12.5. The third kappa shape index (κ3) is 3.30. The lowest BCUT2D eigenvalue weighted by Gasteiger charge is -2.25. The Morgan fingerprint density at radius 1 is 1.46 bits per heavy atom. The molecule has 0 bridgehead atoms. The van der Waals surface area contributed by atoms with E-state index in [0.717, 1.165) is 10.4 Å². The summed E-state index contributed by atoms with van der Waals surface area (Å²) in [6.45, 7) is 6.46. The summed E-state index contributed by atoms with van der Waals surface area (Å²) in [4.78, 5) is 27.0. The van der Waals surface area contributed by atoms with Gasteiger partial charge < -0.3 is 19.4 Å². The monoisotopic (exact) mass is 373 g/mol. The topological polar surface area (TPSA) is 95.6 Å². The van der Waals surface area contributed by atoms with Gasteiger partial charge in [0.1, 0.15) is 22.6 Å². The number of anilines is 1. The number of hydrogen-bond acceptors (Lipinski definition) is 6. The van der Waals surface area contributed by atoms with Crippen molar-refractivity contribution in [3.63, 3.8) is 0 Å². The molecule has 1 aliphatic heterocycles. The summed E-state index contributed by atoms with van der Waals surface area (Å²) < 4.78 is 10.4. The van der Waals surface area contributed by atoms with E-state index in [0.29, 0.717) is 53.8 Å². The molecule has 2 aromatic rings. The number of thiophene rings is 1. The van der Waals surface area contributed by atoms with Crippen LogP contribution in [0.2, 0.25) is 0 Å². The Morgan fingerprint density at radius 2 is 2.23 bits per heavy atom. The van der Waals surface area contributed by atoms with Crippen molar-refractivity contribution in [2.24, 2.45) is 0 Å². The smallest absolute Gasteiger partial charge is 0.410 e. The Balaban J connectivity index is 1.84. The van der Waals surface area contributed by atoms with E-state index in [4.69, 9.17) is 9.15 Å². The summed E-state index contributed by atoms with van der Waals surface area (Å²) >= 11 is 1.33. The zero-order valence-corrected chi connectivity index (χ0v) is 15.7. The zero-order chi connectivity index (χ0) is 18.8. The van der Waals surface area contributed by atoms with E-state index in [9.17, 15) is 14.9 Å². The molecule has 2 amide bonds. The highest BCUT2D eigenvalue weighted by Gasteiger charge is 2.28. The number of aryl methyl sites for hydroxylation is 2. The zero-order valence-electron chi connectivity index (χ0n) is 14.8. The average molecular weight is 373 g/mol. The number of nitriles is 1. The first kappa shape index (κ1) is 18.0. The highest BCUT2D eigenvalue weighted by Crippen LogP contribution is 2.37. The molecule has 0 spiro atoms. The SMILES string of the molecule is CCOC(=O)N1CCc2c(sc(NC(=O)c3cc(C)oc3C)c2C#N)C1. The molecular formula is C18H19N3O4S. The lowest BCUT2D eigenvalue weighted by Crippen LogP contribution is -2.35. The van der Waals surface area contributed by atoms with Crippen LogP contribution in [0.25, 0.3) is 0 Å². The van der Waals surface area contributed by atoms with E-state index in [-0.39, 0.29) is 12.0 Å². The van der Waals surface area contributed by atoms with E-state index in [1.54, 1.807) is 31.7 Å². The van der Waals surface area contributed by atoms with Gasteiger partial charge in [0, 0.05) is 11.4 Å². The fourth-order valence-electron chi connectivity index (χ4n) is 3.01. The van der Waals surface area contributed by atoms with Gasteiger partial charge in [-0.15, -0.1) is 11.3 Å². The van der Waals surface area contributed by atoms with Crippen LogP contribution in [-0.2, 0) is 17.7 Å². The minimum absolute atomic E-state index is 0.309. The Morgan fingerprint density at radius 3 is 2.85 bits per heavy atom. The minimum Gasteiger partial charge on any atom is -0.466 e. The summed E-state index contributed by atoms with van der Waals surface area (Å²) in [6, 6.07) is 3.86. The molecule has 2 aromatic heterocycles. The number of fused-ring (bicyclic) bond motifs is 1. The van der Waals surface area contributed by atoms with Gasteiger partial charge in [-0.1, -0.05) is 0 Å². The standard InChI is InChI=1S/C18H19N3O4S/c1-4-24-18(23)21-6-5-12-14(8-19)17(26-15(12)9-21)20-16(22)13-7-10(2)25-11(13)3/h7H,4-6,9H2,1-3H3,(H,20,22). The summed E-state index contributed by atoms with van der Waals surface area (Å²) in [5.74, 6) is 0.883. The number of amides is 2. The van der Waals surface area contributed by atoms with Crippen LogP contribution < -0.4 is 5.32 Å². The predicted molar refractivity (Wildman–Crippen MR) is 96.3 cm³/mol. The molecule has 0 radical (unpaired) electrons. The number of nitrogens with zero attached hydrogens (tertiary/aromatic N) is 2. The van der Waals surface area contributed by atoms with Gasteiger partial charge in [0.05, 0.1) is 24.3 Å². The van der Waals surface area contributed by atoms with Crippen LogP contribution in [0.1, 0.15) is 44.8 Å². The summed E-state index contributed by atoms with van der Waals surface area (Å²) in [5.41, 5.74) is 1.82. The van der Waals surface area contributed by atoms with Gasteiger partial charge in [0.2, 0.25) is 0 Å². The Labute approximate surface area is 155 Å². The molecule has 8 heteroatoms. The third-order valence-electron chi connectivity index (χ3n) is 4.21. The molecule has 0 fully saturated rings. The van der Waals surface area contributed by atoms with Gasteiger partial charge in [-0.05, 0) is 38.8 Å². The van der Waals surface area contributed by atoms with Crippen molar-refractivity contribution in [1.82, 2.24) is 4.90 Å². The first-order chi connectivity index (χ1) is 12.4. The Bertz CT molecular complexity index is 906. The molecule has 3 rings (SSSR count). The number of hydrogen-bond donors (Lipinski definition) is 1. The quantitative estimate of drug-likeness (QED) is 0.887. The Kier molecular flexibility index (Phi) is 5.00. The normalized spacial score (nSPS) is 13.1. The molecule has 0 unspecified atom stereocenters. The van der Waals surface area contributed by atoms with Crippen molar-refractivity contribution in [3.8, 4) is 6.07 Å². The first-order valence-electron chi connectivity index (χ1n) is 8.29. The molecule has 0 saturated heterocycles. The molecule has 1 aliphatic rings. The van der Waals surface area contributed by atoms with Crippen LogP contribution in [0, 0.1) is 25.2 Å². The average Bonchev–Trinajstić information content (AvgIpc) is 3.12. The molecule has 1 N–H and O–H groups in total. The number of nitrogens with one attached hydrogen (secondary N) is 1. The molecule has 7 nitrogen and oxygen atoms in total. The van der Waals surface area contributed by atoms with Crippen molar-refractivity contribution in [2.75, 3.05) is 18.5 Å². The molecule has 136 valence electrons. The second-order valence-electron chi connectivity index (χ2n) is 5.97. The fourth-order valence-corrected chi connectivity index (χ4v) is 4.22. The largest absolute Gasteiger partial charge is 0.466 e. The van der Waals surface area contributed by atoms with Gasteiger partial charge in [0.25, 0.3) is 5.91 Å². The molecule has 0 aliphatic carbocycles. The fraction of sp³-hybridized carbons (Fsp3) is 0.389. The van der Waals surface area contributed by atoms with E-state index < -0.39 is 0 Å². The summed E-state index contributed by atoms with van der Waals surface area (Å²) in [5, 5.41) is 12.9. The first-order valence-corrected chi connectivity index (χ1v) is 9.11. The van der Waals surface area contributed by atoms with Gasteiger partial charge in [-0.2, -0.15) is 5.26 Å². The van der Waals surface area contributed by atoms with Crippen molar-refractivity contribution in [2.45, 2.75) is 33.7 Å². The lowest BCUT2D eigenvalue weighted by atomic mass is 10.0. The number of rotatable bonds is 3. The van der Waals surface area contributed by atoms with Crippen molar-refractivity contribution in [3.05, 3.63) is 39.2 Å². The van der Waals surface area contributed by atoms with Crippen LogP contribution in [0.5, 0.6) is 0 Å². The molecule has 0 atom stereocenters. The van der Waals surface area contributed by atoms with E-state index in [1.807, 2.05) is 0 Å². The van der Waals surface area contributed by atoms with Gasteiger partial charge in [-0.3, -0.25) is 4.79 Å². The maximum atomic E-state index is 12.5. The third-order valence-corrected chi connectivity index (χ3v) is 5.34. The summed E-state index contributed by atoms with van der Waals surface area (Å²) in [6.07, 6.45) is 0.202. The lowest BCUT2D eigenvalue weighted by molar-refractivity contribution is 0.102. The Hall–Kier alpha value is -2.79. The van der Waals surface area contributed by atoms with Crippen LogP contribution in [0.4, 0.5) is 9.80 Å². The van der Waals surface area contributed by atoms with E-state index in [1.165, 1.54) is 11.3 Å². The number of carbonyl (C=O) groups excluding carboxylic acids is 2. The second-order valence-corrected chi connectivity index (χ2v) is 7.08. The van der Waals surface area contributed by atoms with Crippen LogP contribution in [0.15, 0.2) is 10.5 Å². The number of carbonyl (C=O) groups is 2. The molecule has 0 saturated carbocycles. The summed E-state index contributed by atoms with van der Waals surface area (Å²) in [7, 11) is 0.